The number of nitrogens with zero attached hydrogens (tertiary/aromatic N) is 1. The summed E-state index contributed by atoms with van der Waals surface area (Å²) in [6.07, 6.45) is 3.59. The number of rotatable bonds is 5. The molecule has 0 N–H and O–H groups in total. The molecule has 0 aromatic carbocycles. The van der Waals surface area contributed by atoms with Gasteiger partial charge in [-0.3, -0.25) is 0 Å². The lowest BCUT2D eigenvalue weighted by Crippen LogP contribution is -2.01. The van der Waals surface area contributed by atoms with Gasteiger partial charge in [-0.2, -0.15) is 5.26 Å². The predicted octanol–water partition coefficient (Wildman–Crippen LogP) is 1.63. The Bertz CT molecular complexity index is 272. The van der Waals surface area contributed by atoms with Gasteiger partial charge in [0.25, 0.3) is 0 Å². The van der Waals surface area contributed by atoms with E-state index in [1.807, 2.05) is 6.92 Å². The second-order valence-electron chi connectivity index (χ2n) is 2.51. The standard InChI is InChI=1S/C8H13NO2S/c1-2-3-4-7-12(10,11)8-5-6-9/h5,8H,2-4,7H2,1H3. The maximum absolute atomic E-state index is 11.0. The van der Waals surface area contributed by atoms with Crippen molar-refractivity contribution in [1.82, 2.24) is 0 Å². The van der Waals surface area contributed by atoms with Gasteiger partial charge in [-0.05, 0) is 6.42 Å². The van der Waals surface area contributed by atoms with Crippen LogP contribution in [0.2, 0.25) is 0 Å². The zero-order valence-corrected chi connectivity index (χ0v) is 7.97. The molecule has 0 atom stereocenters. The third kappa shape index (κ3) is 5.93. The molecule has 0 spiro atoms. The summed E-state index contributed by atoms with van der Waals surface area (Å²) in [5.41, 5.74) is 0. The number of nitriles is 1. The van der Waals surface area contributed by atoms with E-state index in [2.05, 4.69) is 0 Å². The third-order valence-corrected chi connectivity index (χ3v) is 2.79. The topological polar surface area (TPSA) is 57.9 Å². The van der Waals surface area contributed by atoms with Crippen LogP contribution in [0.1, 0.15) is 26.2 Å². The van der Waals surface area contributed by atoms with Gasteiger partial charge < -0.3 is 0 Å². The molecule has 0 heterocycles. The number of hydrogen-bond donors (Lipinski definition) is 0. The van der Waals surface area contributed by atoms with Gasteiger partial charge in [0.05, 0.1) is 11.8 Å². The molecule has 0 aliphatic rings. The Morgan fingerprint density at radius 3 is 2.58 bits per heavy atom. The van der Waals surface area contributed by atoms with Crippen LogP contribution >= 0.6 is 0 Å². The average molecular weight is 187 g/mol. The maximum atomic E-state index is 11.0. The van der Waals surface area contributed by atoms with Crippen LogP contribution in [0.5, 0.6) is 0 Å². The van der Waals surface area contributed by atoms with Crippen molar-refractivity contribution in [3.8, 4) is 6.07 Å². The molecule has 0 aromatic rings. The molecule has 68 valence electrons. The zero-order chi connectivity index (χ0) is 9.45. The van der Waals surface area contributed by atoms with Crippen LogP contribution in [-0.4, -0.2) is 14.2 Å². The molecule has 0 unspecified atom stereocenters. The first kappa shape index (κ1) is 11.2. The summed E-state index contributed by atoms with van der Waals surface area (Å²) in [6, 6.07) is 1.65. The fraction of sp³-hybridized carbons (Fsp3) is 0.625. The number of hydrogen-bond acceptors (Lipinski definition) is 3. The summed E-state index contributed by atoms with van der Waals surface area (Å²) in [4.78, 5) is 0. The summed E-state index contributed by atoms with van der Waals surface area (Å²) in [6.45, 7) is 2.01. The molecule has 0 aliphatic carbocycles. The molecule has 0 aromatic heterocycles. The Morgan fingerprint density at radius 1 is 1.42 bits per heavy atom. The highest BCUT2D eigenvalue weighted by molar-refractivity contribution is 7.94. The van der Waals surface area contributed by atoms with Crippen LogP contribution < -0.4 is 0 Å². The lowest BCUT2D eigenvalue weighted by molar-refractivity contribution is 0.599. The van der Waals surface area contributed by atoms with Crippen molar-refractivity contribution in [2.75, 3.05) is 5.75 Å². The normalized spacial score (nSPS) is 11.7. The van der Waals surface area contributed by atoms with Gasteiger partial charge in [0.2, 0.25) is 0 Å². The Morgan fingerprint density at radius 2 is 2.08 bits per heavy atom. The van der Waals surface area contributed by atoms with Gasteiger partial charge in [-0.25, -0.2) is 8.42 Å². The summed E-state index contributed by atoms with van der Waals surface area (Å²) in [7, 11) is -3.12. The van der Waals surface area contributed by atoms with Crippen molar-refractivity contribution >= 4 is 9.84 Å². The SMILES string of the molecule is CCCCCS(=O)(=O)C=CC#N. The van der Waals surface area contributed by atoms with Crippen molar-refractivity contribution in [3.63, 3.8) is 0 Å². The lowest BCUT2D eigenvalue weighted by Gasteiger charge is -1.95. The van der Waals surface area contributed by atoms with E-state index in [-0.39, 0.29) is 5.75 Å². The molecule has 4 heteroatoms. The van der Waals surface area contributed by atoms with E-state index in [1.54, 1.807) is 6.07 Å². The predicted molar refractivity (Wildman–Crippen MR) is 48.1 cm³/mol. The summed E-state index contributed by atoms with van der Waals surface area (Å²) >= 11 is 0. The van der Waals surface area contributed by atoms with Crippen LogP contribution in [0.3, 0.4) is 0 Å². The molecule has 0 saturated carbocycles. The van der Waals surface area contributed by atoms with E-state index in [0.29, 0.717) is 6.42 Å². The Labute approximate surface area is 73.6 Å². The minimum Gasteiger partial charge on any atom is -0.224 e. The van der Waals surface area contributed by atoms with Crippen LogP contribution in [0.15, 0.2) is 11.5 Å². The molecule has 0 radical (unpaired) electrons. The molecular weight excluding hydrogens is 174 g/mol. The van der Waals surface area contributed by atoms with Crippen LogP contribution in [0.4, 0.5) is 0 Å². The van der Waals surface area contributed by atoms with Crippen molar-refractivity contribution in [2.24, 2.45) is 0 Å². The zero-order valence-electron chi connectivity index (χ0n) is 7.16. The Kier molecular flexibility index (Phi) is 5.39. The van der Waals surface area contributed by atoms with Crippen molar-refractivity contribution in [3.05, 3.63) is 11.5 Å². The second-order valence-corrected chi connectivity index (χ2v) is 4.51. The molecular formula is C8H13NO2S. The fourth-order valence-electron chi connectivity index (χ4n) is 0.755. The summed E-state index contributed by atoms with van der Waals surface area (Å²) in [5.74, 6) is 0.152. The average Bonchev–Trinajstić information content (AvgIpc) is 2.01. The van der Waals surface area contributed by atoms with Crippen LogP contribution in [0.25, 0.3) is 0 Å². The lowest BCUT2D eigenvalue weighted by atomic mass is 10.3. The summed E-state index contributed by atoms with van der Waals surface area (Å²) in [5, 5.41) is 9.07. The molecule has 12 heavy (non-hydrogen) atoms. The van der Waals surface area contributed by atoms with Gasteiger partial charge in [0.1, 0.15) is 0 Å². The molecule has 3 nitrogen and oxygen atoms in total. The van der Waals surface area contributed by atoms with Gasteiger partial charge in [0, 0.05) is 11.5 Å². The Hall–Kier alpha value is -0.820. The van der Waals surface area contributed by atoms with E-state index in [1.165, 1.54) is 0 Å². The third-order valence-electron chi connectivity index (χ3n) is 1.38. The molecule has 0 aliphatic heterocycles. The van der Waals surface area contributed by atoms with Gasteiger partial charge >= 0.3 is 0 Å². The molecule has 0 fully saturated rings. The number of sulfone groups is 1. The minimum absolute atomic E-state index is 0.152. The highest BCUT2D eigenvalue weighted by Gasteiger charge is 2.03. The maximum Gasteiger partial charge on any atom is 0.172 e. The second kappa shape index (κ2) is 5.78. The largest absolute Gasteiger partial charge is 0.224 e. The first-order valence-corrected chi connectivity index (χ1v) is 5.63. The molecule has 0 bridgehead atoms. The van der Waals surface area contributed by atoms with E-state index in [0.717, 1.165) is 24.3 Å². The van der Waals surface area contributed by atoms with Crippen molar-refractivity contribution in [2.45, 2.75) is 26.2 Å². The Balaban J connectivity index is 3.91. The first-order chi connectivity index (χ1) is 5.62. The van der Waals surface area contributed by atoms with Gasteiger partial charge in [-0.1, -0.05) is 19.8 Å². The van der Waals surface area contributed by atoms with Gasteiger partial charge in [-0.15, -0.1) is 0 Å². The summed E-state index contributed by atoms with van der Waals surface area (Å²) < 4.78 is 22.1. The number of unbranched alkanes of at least 4 members (excludes halogenated alkanes) is 2. The first-order valence-electron chi connectivity index (χ1n) is 3.91. The molecule has 0 rings (SSSR count). The van der Waals surface area contributed by atoms with E-state index < -0.39 is 9.84 Å². The smallest absolute Gasteiger partial charge is 0.172 e. The monoisotopic (exact) mass is 187 g/mol. The minimum atomic E-state index is -3.12. The number of allylic oxidation sites excluding steroid dienone is 1. The molecule has 0 saturated heterocycles. The van der Waals surface area contributed by atoms with E-state index in [9.17, 15) is 8.42 Å². The van der Waals surface area contributed by atoms with Gasteiger partial charge in [0.15, 0.2) is 9.84 Å². The van der Waals surface area contributed by atoms with Crippen LogP contribution in [-0.2, 0) is 9.84 Å². The van der Waals surface area contributed by atoms with Crippen molar-refractivity contribution in [1.29, 1.82) is 5.26 Å². The highest BCUT2D eigenvalue weighted by Crippen LogP contribution is 2.00. The van der Waals surface area contributed by atoms with Crippen LogP contribution in [0, 0.1) is 11.3 Å². The van der Waals surface area contributed by atoms with E-state index >= 15 is 0 Å². The fourth-order valence-corrected chi connectivity index (χ4v) is 1.77. The quantitative estimate of drug-likeness (QED) is 0.485. The van der Waals surface area contributed by atoms with E-state index in [4.69, 9.17) is 5.26 Å². The molecule has 0 amide bonds. The van der Waals surface area contributed by atoms with Crippen molar-refractivity contribution < 1.29 is 8.42 Å². The highest BCUT2D eigenvalue weighted by atomic mass is 32.2.